The molecule has 0 aliphatic carbocycles. The van der Waals surface area contributed by atoms with Crippen molar-refractivity contribution in [3.05, 3.63) is 77.1 Å². The van der Waals surface area contributed by atoms with Crippen molar-refractivity contribution < 1.29 is 35.9 Å². The van der Waals surface area contributed by atoms with Gasteiger partial charge in [0.1, 0.15) is 11.4 Å². The maximum atomic E-state index is 13.0. The predicted molar refractivity (Wildman–Crippen MR) is 133 cm³/mol. The van der Waals surface area contributed by atoms with Crippen LogP contribution in [0.1, 0.15) is 44.8 Å². The van der Waals surface area contributed by atoms with Crippen molar-refractivity contribution in [2.24, 2.45) is 0 Å². The summed E-state index contributed by atoms with van der Waals surface area (Å²) < 4.78 is 68.9. The van der Waals surface area contributed by atoms with E-state index in [4.69, 9.17) is 4.74 Å². The largest absolute Gasteiger partial charge is 0.467 e. The first-order chi connectivity index (χ1) is 17.8. The molecular weight excluding hydrogens is 523 g/mol. The van der Waals surface area contributed by atoms with Gasteiger partial charge in [-0.2, -0.15) is 13.2 Å². The quantitative estimate of drug-likeness (QED) is 0.506. The number of nitrogens with zero attached hydrogens (tertiary/aromatic N) is 1. The van der Waals surface area contributed by atoms with E-state index in [1.807, 2.05) is 6.92 Å². The molecule has 1 saturated heterocycles. The summed E-state index contributed by atoms with van der Waals surface area (Å²) >= 11 is 0. The molecule has 38 heavy (non-hydrogen) atoms. The zero-order valence-corrected chi connectivity index (χ0v) is 20.9. The van der Waals surface area contributed by atoms with E-state index in [1.54, 1.807) is 36.4 Å². The molecule has 5 rings (SSSR count). The molecule has 2 N–H and O–H groups in total. The number of nitrogens with one attached hydrogen (secondary N) is 2. The fraction of sp³-hybridized carbons (Fsp3) is 0.269. The van der Waals surface area contributed by atoms with Gasteiger partial charge in [0, 0.05) is 30.3 Å². The van der Waals surface area contributed by atoms with Crippen LogP contribution in [0.25, 0.3) is 11.1 Å². The lowest BCUT2D eigenvalue weighted by atomic mass is 9.96. The number of carbonyl (C=O) groups is 2. The Morgan fingerprint density at radius 2 is 1.79 bits per heavy atom. The molecule has 1 fully saturated rings. The number of rotatable bonds is 3. The summed E-state index contributed by atoms with van der Waals surface area (Å²) in [5, 5.41) is 5.42. The Balaban J connectivity index is 1.42. The number of hydrogen-bond acceptors (Lipinski definition) is 6. The number of pyridine rings is 1. The Labute approximate surface area is 216 Å². The molecule has 1 aromatic heterocycles. The lowest BCUT2D eigenvalue weighted by Crippen LogP contribution is -2.59. The molecule has 0 radical (unpaired) electrons. The van der Waals surface area contributed by atoms with E-state index in [1.165, 1.54) is 6.07 Å². The third-order valence-corrected chi connectivity index (χ3v) is 8.28. The first-order valence-corrected chi connectivity index (χ1v) is 13.5. The lowest BCUT2D eigenvalue weighted by molar-refractivity contribution is -0.141. The van der Waals surface area contributed by atoms with Crippen LogP contribution in [0, 0.1) is 6.92 Å². The number of aromatic nitrogens is 1. The SMILES string of the molecule is Cc1ccc(NC(=O)c2ccnc(C(F)(F)F)c2)cc1-c1ccc2c(c1)OC1(CCS(=O)(=O)CC1)NC2=O. The lowest BCUT2D eigenvalue weighted by Gasteiger charge is -2.41. The van der Waals surface area contributed by atoms with E-state index in [2.05, 4.69) is 15.6 Å². The normalized spacial score (nSPS) is 17.7. The maximum absolute atomic E-state index is 13.0. The molecular formula is C26H22F3N3O5S. The minimum atomic E-state index is -4.68. The maximum Gasteiger partial charge on any atom is 0.433 e. The number of sulfone groups is 1. The number of anilines is 1. The van der Waals surface area contributed by atoms with Crippen molar-refractivity contribution in [2.75, 3.05) is 16.8 Å². The topological polar surface area (TPSA) is 114 Å². The Bertz CT molecular complexity index is 1560. The van der Waals surface area contributed by atoms with Crippen molar-refractivity contribution in [1.29, 1.82) is 0 Å². The summed E-state index contributed by atoms with van der Waals surface area (Å²) in [6.07, 6.45) is -3.48. The summed E-state index contributed by atoms with van der Waals surface area (Å²) in [4.78, 5) is 28.7. The fourth-order valence-corrected chi connectivity index (χ4v) is 5.99. The first-order valence-electron chi connectivity index (χ1n) is 11.7. The summed E-state index contributed by atoms with van der Waals surface area (Å²) in [5.74, 6) is -0.954. The molecule has 12 heteroatoms. The van der Waals surface area contributed by atoms with Crippen molar-refractivity contribution in [2.45, 2.75) is 31.7 Å². The molecule has 3 heterocycles. The molecule has 0 atom stereocenters. The Morgan fingerprint density at radius 3 is 2.50 bits per heavy atom. The third kappa shape index (κ3) is 5.08. The van der Waals surface area contributed by atoms with Crippen molar-refractivity contribution in [1.82, 2.24) is 10.3 Å². The summed E-state index contributed by atoms with van der Waals surface area (Å²) in [6.45, 7) is 1.85. The van der Waals surface area contributed by atoms with Crippen LogP contribution < -0.4 is 15.4 Å². The number of benzene rings is 2. The van der Waals surface area contributed by atoms with Crippen LogP contribution in [0.4, 0.5) is 18.9 Å². The first kappa shape index (κ1) is 25.7. The molecule has 2 aliphatic rings. The van der Waals surface area contributed by atoms with Gasteiger partial charge in [-0.05, 0) is 60.0 Å². The third-order valence-electron chi connectivity index (χ3n) is 6.63. The van der Waals surface area contributed by atoms with Crippen LogP contribution in [0.15, 0.2) is 54.7 Å². The van der Waals surface area contributed by atoms with Crippen LogP contribution in [0.5, 0.6) is 5.75 Å². The molecule has 8 nitrogen and oxygen atoms in total. The van der Waals surface area contributed by atoms with Gasteiger partial charge >= 0.3 is 6.18 Å². The number of aryl methyl sites for hydroxylation is 1. The molecule has 2 aromatic carbocycles. The standard InChI is InChI=1S/C26H22F3N3O5S/c1-15-2-4-18(31-23(33)17-6-9-30-22(13-17)26(27,28)29)14-20(15)16-3-5-19-21(12-16)37-25(32-24(19)34)7-10-38(35,36)11-8-25/h2-6,9,12-14H,7-8,10-11H2,1H3,(H,31,33)(H,32,34). The van der Waals surface area contributed by atoms with Crippen LogP contribution in [-0.4, -0.2) is 42.4 Å². The zero-order chi connectivity index (χ0) is 27.3. The van der Waals surface area contributed by atoms with Crippen LogP contribution in [0.2, 0.25) is 0 Å². The minimum Gasteiger partial charge on any atom is -0.467 e. The van der Waals surface area contributed by atoms with Gasteiger partial charge in [-0.3, -0.25) is 14.6 Å². The number of ether oxygens (including phenoxy) is 1. The second-order valence-corrected chi connectivity index (χ2v) is 11.6. The number of carbonyl (C=O) groups excluding carboxylic acids is 2. The molecule has 0 bridgehead atoms. The van der Waals surface area contributed by atoms with Gasteiger partial charge in [0.05, 0.1) is 17.1 Å². The molecule has 1 spiro atoms. The van der Waals surface area contributed by atoms with Crippen molar-refractivity contribution >= 4 is 27.3 Å². The number of fused-ring (bicyclic) bond motifs is 1. The van der Waals surface area contributed by atoms with Gasteiger partial charge in [0.2, 0.25) is 0 Å². The molecule has 0 saturated carbocycles. The summed E-state index contributed by atoms with van der Waals surface area (Å²) in [7, 11) is -3.18. The van der Waals surface area contributed by atoms with E-state index in [9.17, 15) is 31.2 Å². The van der Waals surface area contributed by atoms with Gasteiger partial charge in [-0.25, -0.2) is 8.42 Å². The van der Waals surface area contributed by atoms with E-state index in [0.717, 1.165) is 11.8 Å². The molecule has 3 aromatic rings. The average Bonchev–Trinajstić information content (AvgIpc) is 2.86. The number of hydrogen-bond donors (Lipinski definition) is 2. The average molecular weight is 546 g/mol. The van der Waals surface area contributed by atoms with Crippen molar-refractivity contribution in [3.63, 3.8) is 0 Å². The second-order valence-electron chi connectivity index (χ2n) is 9.32. The zero-order valence-electron chi connectivity index (χ0n) is 20.1. The van der Waals surface area contributed by atoms with Crippen LogP contribution in [0.3, 0.4) is 0 Å². The van der Waals surface area contributed by atoms with E-state index >= 15 is 0 Å². The Morgan fingerprint density at radius 1 is 1.05 bits per heavy atom. The molecule has 198 valence electrons. The van der Waals surface area contributed by atoms with E-state index in [-0.39, 0.29) is 35.8 Å². The number of amides is 2. The van der Waals surface area contributed by atoms with Gasteiger partial charge in [-0.15, -0.1) is 0 Å². The van der Waals surface area contributed by atoms with E-state index in [0.29, 0.717) is 34.2 Å². The van der Waals surface area contributed by atoms with Gasteiger partial charge < -0.3 is 15.4 Å². The smallest absolute Gasteiger partial charge is 0.433 e. The minimum absolute atomic E-state index is 0.0922. The summed E-state index contributed by atoms with van der Waals surface area (Å²) in [6, 6.07) is 11.9. The van der Waals surface area contributed by atoms with Crippen LogP contribution in [-0.2, 0) is 16.0 Å². The van der Waals surface area contributed by atoms with E-state index < -0.39 is 33.3 Å². The molecule has 2 amide bonds. The Kier molecular flexibility index (Phi) is 6.17. The van der Waals surface area contributed by atoms with Gasteiger partial charge in [0.25, 0.3) is 11.8 Å². The van der Waals surface area contributed by atoms with Crippen molar-refractivity contribution in [3.8, 4) is 16.9 Å². The summed E-state index contributed by atoms with van der Waals surface area (Å²) in [5.41, 5.74) is 0.423. The molecule has 0 unspecified atom stereocenters. The van der Waals surface area contributed by atoms with Crippen LogP contribution >= 0.6 is 0 Å². The second kappa shape index (κ2) is 9.12. The monoisotopic (exact) mass is 545 g/mol. The highest BCUT2D eigenvalue weighted by Gasteiger charge is 2.44. The highest BCUT2D eigenvalue weighted by molar-refractivity contribution is 7.91. The Hall–Kier alpha value is -3.93. The predicted octanol–water partition coefficient (Wildman–Crippen LogP) is 4.36. The highest BCUT2D eigenvalue weighted by Crippen LogP contribution is 2.38. The molecule has 2 aliphatic heterocycles. The fourth-order valence-electron chi connectivity index (χ4n) is 4.51. The highest BCUT2D eigenvalue weighted by atomic mass is 32.2. The van der Waals surface area contributed by atoms with Gasteiger partial charge in [0.15, 0.2) is 15.6 Å². The van der Waals surface area contributed by atoms with Gasteiger partial charge in [-0.1, -0.05) is 12.1 Å². The number of alkyl halides is 3. The number of halogens is 3.